The van der Waals surface area contributed by atoms with E-state index < -0.39 is 31.4 Å². The number of aromatic amines is 1. The number of aromatic nitrogens is 1. The van der Waals surface area contributed by atoms with E-state index in [0.717, 1.165) is 81.6 Å². The van der Waals surface area contributed by atoms with Gasteiger partial charge >= 0.3 is 5.91 Å². The molecule has 1 aliphatic carbocycles. The van der Waals surface area contributed by atoms with Crippen LogP contribution in [0.3, 0.4) is 0 Å². The van der Waals surface area contributed by atoms with Gasteiger partial charge in [-0.1, -0.05) is 59.2 Å². The maximum absolute atomic E-state index is 14.5. The average Bonchev–Trinajstić information content (AvgIpc) is 3.73. The summed E-state index contributed by atoms with van der Waals surface area (Å²) in [5.41, 5.74) is 5.66. The number of nitrogens with zero attached hydrogens (tertiary/aromatic N) is 4. The van der Waals surface area contributed by atoms with Gasteiger partial charge in [0.05, 0.1) is 14.8 Å². The molecule has 0 saturated carbocycles. The zero-order valence-corrected chi connectivity index (χ0v) is 37.1. The number of hydroxylamine groups is 1. The first-order valence-electron chi connectivity index (χ1n) is 20.9. The number of sulfonamides is 1. The monoisotopic (exact) mass is 900 g/mol. The number of allylic oxidation sites excluding steroid dienone is 1. The Morgan fingerprint density at radius 2 is 1.71 bits per heavy atom. The molecule has 326 valence electrons. The lowest BCUT2D eigenvalue weighted by atomic mass is 9.72. The molecule has 2 N–H and O–H groups in total. The number of nitro groups is 1. The van der Waals surface area contributed by atoms with Gasteiger partial charge in [-0.05, 0) is 121 Å². The van der Waals surface area contributed by atoms with Crippen molar-refractivity contribution in [3.8, 4) is 5.75 Å². The molecule has 0 atom stereocenters. The Labute approximate surface area is 371 Å². The molecule has 1 amide bonds. The van der Waals surface area contributed by atoms with Crippen molar-refractivity contribution in [2.75, 3.05) is 62.7 Å². The Hall–Kier alpha value is -5.12. The highest BCUT2D eigenvalue weighted by molar-refractivity contribution is 7.89. The normalized spacial score (nSPS) is 17.6. The van der Waals surface area contributed by atoms with E-state index in [2.05, 4.69) is 46.1 Å². The van der Waals surface area contributed by atoms with E-state index in [-0.39, 0.29) is 37.8 Å². The zero-order chi connectivity index (χ0) is 43.6. The number of anilines is 2. The van der Waals surface area contributed by atoms with Crippen molar-refractivity contribution in [2.45, 2.75) is 50.8 Å². The molecule has 0 spiro atoms. The van der Waals surface area contributed by atoms with E-state index in [1.807, 2.05) is 12.1 Å². The standard InChI is InChI=1S/C46H50Cl2N6O7S/c1-46(2)17-13-35(39(28-46)32-3-7-36(47)8-4-32)30-51-19-21-52(22-20-51)37-9-5-33(6-10-37)45(55)54(61-44-25-34-14-18-49-42(34)27-40(44)48)62(58,59)38-11-12-41(43(26-38)53(56)57)50-29-31-15-23-60-24-16-31/h3-12,14,18,25-27,31,49-50H,13,15-17,19-24,28-30H2,1-2H3. The molecule has 0 unspecified atom stereocenters. The molecule has 2 saturated heterocycles. The van der Waals surface area contributed by atoms with Crippen molar-refractivity contribution in [1.82, 2.24) is 14.4 Å². The number of piperazine rings is 1. The molecule has 62 heavy (non-hydrogen) atoms. The second-order valence-corrected chi connectivity index (χ2v) is 19.7. The number of rotatable bonds is 13. The van der Waals surface area contributed by atoms with E-state index in [1.165, 1.54) is 34.9 Å². The zero-order valence-electron chi connectivity index (χ0n) is 34.7. The number of nitro benzene ring substituents is 1. The molecule has 8 rings (SSSR count). The molecular weight excluding hydrogens is 852 g/mol. The molecule has 13 nitrogen and oxygen atoms in total. The number of halogens is 2. The van der Waals surface area contributed by atoms with E-state index in [9.17, 15) is 23.3 Å². The van der Waals surface area contributed by atoms with E-state index in [1.54, 1.807) is 42.6 Å². The third-order valence-electron chi connectivity index (χ3n) is 12.2. The highest BCUT2D eigenvalue weighted by atomic mass is 35.5. The molecule has 0 radical (unpaired) electrons. The maximum Gasteiger partial charge on any atom is 0.302 e. The lowest BCUT2D eigenvalue weighted by Gasteiger charge is -2.39. The largest absolute Gasteiger partial charge is 0.381 e. The van der Waals surface area contributed by atoms with E-state index in [0.29, 0.717) is 30.7 Å². The van der Waals surface area contributed by atoms with Gasteiger partial charge in [-0.2, -0.15) is 8.42 Å². The fourth-order valence-electron chi connectivity index (χ4n) is 8.50. The molecular formula is C46H50Cl2N6O7S. The van der Waals surface area contributed by atoms with Gasteiger partial charge in [0, 0.05) is 91.9 Å². The Morgan fingerprint density at radius 1 is 0.984 bits per heavy atom. The summed E-state index contributed by atoms with van der Waals surface area (Å²) >= 11 is 12.8. The van der Waals surface area contributed by atoms with Crippen LogP contribution in [0.25, 0.3) is 16.5 Å². The third kappa shape index (κ3) is 9.74. The van der Waals surface area contributed by atoms with Crippen molar-refractivity contribution in [1.29, 1.82) is 0 Å². The number of ether oxygens (including phenoxy) is 1. The number of carbonyl (C=O) groups excluding carboxylic acids is 1. The molecule has 2 aliphatic heterocycles. The van der Waals surface area contributed by atoms with Gasteiger partial charge in [-0.15, -0.1) is 0 Å². The number of benzene rings is 4. The molecule has 16 heteroatoms. The van der Waals surface area contributed by atoms with Gasteiger partial charge in [-0.25, -0.2) is 0 Å². The summed E-state index contributed by atoms with van der Waals surface area (Å²) in [4.78, 5) is 39.2. The van der Waals surface area contributed by atoms with Crippen LogP contribution in [-0.4, -0.2) is 86.1 Å². The lowest BCUT2D eigenvalue weighted by Crippen LogP contribution is -2.47. The summed E-state index contributed by atoms with van der Waals surface area (Å²) in [6.45, 7) is 10.5. The van der Waals surface area contributed by atoms with Gasteiger partial charge in [0.1, 0.15) is 5.69 Å². The predicted molar refractivity (Wildman–Crippen MR) is 244 cm³/mol. The SMILES string of the molecule is CC1(C)CCC(CN2CCN(c3ccc(C(=O)N(Oc4cc5cc[nH]c5cc4Cl)S(=O)(=O)c4ccc(NCC5CCOCC5)c([N+](=O)[O-])c4)cc3)CC2)=C(c2ccc(Cl)cc2)C1. The second-order valence-electron chi connectivity index (χ2n) is 17.1. The van der Waals surface area contributed by atoms with Gasteiger partial charge in [0.15, 0.2) is 5.75 Å². The van der Waals surface area contributed by atoms with Crippen LogP contribution in [0, 0.1) is 21.4 Å². The van der Waals surface area contributed by atoms with Crippen LogP contribution >= 0.6 is 23.2 Å². The van der Waals surface area contributed by atoms with Crippen LogP contribution in [0.15, 0.2) is 102 Å². The summed E-state index contributed by atoms with van der Waals surface area (Å²) in [5.74, 6) is -0.850. The number of hydrogen-bond donors (Lipinski definition) is 2. The van der Waals surface area contributed by atoms with Crippen LogP contribution in [0.4, 0.5) is 17.1 Å². The van der Waals surface area contributed by atoms with Crippen molar-refractivity contribution in [3.05, 3.63) is 128 Å². The Bertz CT molecular complexity index is 2580. The number of hydrogen-bond acceptors (Lipinski definition) is 10. The first kappa shape index (κ1) is 43.5. The fourth-order valence-corrected chi connectivity index (χ4v) is 10.0. The molecule has 3 aliphatic rings. The van der Waals surface area contributed by atoms with Crippen molar-refractivity contribution in [2.24, 2.45) is 11.3 Å². The summed E-state index contributed by atoms with van der Waals surface area (Å²) in [6, 6.07) is 23.2. The minimum atomic E-state index is -4.87. The molecule has 0 bridgehead atoms. The number of fused-ring (bicyclic) bond motifs is 1. The predicted octanol–water partition coefficient (Wildman–Crippen LogP) is 9.83. The highest BCUT2D eigenvalue weighted by Crippen LogP contribution is 2.43. The third-order valence-corrected chi connectivity index (χ3v) is 14.3. The second kappa shape index (κ2) is 18.3. The average molecular weight is 902 g/mol. The summed E-state index contributed by atoms with van der Waals surface area (Å²) < 4.78 is 34.6. The lowest BCUT2D eigenvalue weighted by molar-refractivity contribution is -0.384. The van der Waals surface area contributed by atoms with Crippen molar-refractivity contribution >= 4 is 72.7 Å². The molecule has 4 aromatic carbocycles. The van der Waals surface area contributed by atoms with Crippen LogP contribution in [0.2, 0.25) is 10.0 Å². The first-order chi connectivity index (χ1) is 29.7. The number of amides is 1. The smallest absolute Gasteiger partial charge is 0.302 e. The Morgan fingerprint density at radius 3 is 2.42 bits per heavy atom. The van der Waals surface area contributed by atoms with Gasteiger partial charge < -0.3 is 24.8 Å². The molecule has 3 heterocycles. The molecule has 2 fully saturated rings. The maximum atomic E-state index is 14.5. The molecule has 5 aromatic rings. The van der Waals surface area contributed by atoms with Crippen LogP contribution in [-0.2, 0) is 14.8 Å². The first-order valence-corrected chi connectivity index (χ1v) is 23.1. The van der Waals surface area contributed by atoms with E-state index in [4.69, 9.17) is 32.8 Å². The Kier molecular flexibility index (Phi) is 12.9. The van der Waals surface area contributed by atoms with Gasteiger partial charge in [-0.3, -0.25) is 19.8 Å². The van der Waals surface area contributed by atoms with Crippen molar-refractivity contribution < 1.29 is 27.7 Å². The summed E-state index contributed by atoms with van der Waals surface area (Å²) in [6.07, 6.45) is 6.53. The Balaban J connectivity index is 1.01. The number of carbonyl (C=O) groups is 1. The minimum absolute atomic E-state index is 0.0287. The van der Waals surface area contributed by atoms with Crippen LogP contribution < -0.4 is 15.1 Å². The van der Waals surface area contributed by atoms with Gasteiger partial charge in [0.2, 0.25) is 0 Å². The summed E-state index contributed by atoms with van der Waals surface area (Å²) in [7, 11) is -4.87. The van der Waals surface area contributed by atoms with E-state index >= 15 is 0 Å². The van der Waals surface area contributed by atoms with Crippen molar-refractivity contribution in [3.63, 3.8) is 0 Å². The highest BCUT2D eigenvalue weighted by Gasteiger charge is 2.36. The number of H-pyrrole nitrogens is 1. The van der Waals surface area contributed by atoms with Crippen LogP contribution in [0.1, 0.15) is 61.9 Å². The van der Waals surface area contributed by atoms with Crippen LogP contribution in [0.5, 0.6) is 5.75 Å². The minimum Gasteiger partial charge on any atom is -0.381 e. The summed E-state index contributed by atoms with van der Waals surface area (Å²) in [5, 5.41) is 16.8. The fraction of sp³-hybridized carbons (Fsp3) is 0.370. The molecule has 1 aromatic heterocycles. The number of nitrogens with one attached hydrogen (secondary N) is 2. The topological polar surface area (TPSA) is 150 Å². The van der Waals surface area contributed by atoms with Gasteiger partial charge in [0.25, 0.3) is 15.7 Å². The quantitative estimate of drug-likeness (QED) is 0.0864.